The maximum atomic E-state index is 11.9. The minimum Gasteiger partial charge on any atom is -0.481 e. The van der Waals surface area contributed by atoms with Gasteiger partial charge in [0.25, 0.3) is 0 Å². The summed E-state index contributed by atoms with van der Waals surface area (Å²) in [4.78, 5) is 24.2. The van der Waals surface area contributed by atoms with E-state index < -0.39 is 5.97 Å². The van der Waals surface area contributed by atoms with E-state index in [2.05, 4.69) is 0 Å². The molecule has 0 aromatic carbocycles. The molecule has 1 amide bonds. The molecule has 3 N–H and O–H groups in total. The van der Waals surface area contributed by atoms with Crippen LogP contribution in [-0.2, 0) is 14.3 Å². The second-order valence-corrected chi connectivity index (χ2v) is 5.19. The molecule has 1 rings (SSSR count). The maximum absolute atomic E-state index is 11.9. The van der Waals surface area contributed by atoms with E-state index in [1.165, 1.54) is 0 Å². The fraction of sp³-hybridized carbons (Fsp3) is 0.857. The molecule has 116 valence electrons. The number of hydrogen-bond acceptors (Lipinski definition) is 4. The van der Waals surface area contributed by atoms with Crippen LogP contribution in [0, 0.1) is 0 Å². The van der Waals surface area contributed by atoms with Gasteiger partial charge in [-0.05, 0) is 32.2 Å². The first-order valence-electron chi connectivity index (χ1n) is 7.44. The van der Waals surface area contributed by atoms with Gasteiger partial charge in [0.05, 0.1) is 19.1 Å². The fourth-order valence-corrected chi connectivity index (χ4v) is 2.34. The molecule has 20 heavy (non-hydrogen) atoms. The van der Waals surface area contributed by atoms with Gasteiger partial charge in [-0.15, -0.1) is 0 Å². The number of carbonyl (C=O) groups is 2. The Morgan fingerprint density at radius 1 is 1.15 bits per heavy atom. The number of unbranched alkanes of at least 4 members (excludes halogenated alkanes) is 2. The average molecular weight is 286 g/mol. The molecule has 0 saturated carbocycles. The highest BCUT2D eigenvalue weighted by Crippen LogP contribution is 2.15. The monoisotopic (exact) mass is 286 g/mol. The minimum absolute atomic E-state index is 0.0420. The van der Waals surface area contributed by atoms with Crippen molar-refractivity contribution in [2.24, 2.45) is 5.73 Å². The Kier molecular flexibility index (Phi) is 8.22. The van der Waals surface area contributed by atoms with Gasteiger partial charge in [-0.25, -0.2) is 0 Å². The Labute approximate surface area is 120 Å². The number of carboxylic acids is 1. The van der Waals surface area contributed by atoms with Crippen molar-refractivity contribution in [2.45, 2.75) is 51.0 Å². The Balaban J connectivity index is 2.11. The number of aliphatic carboxylic acids is 1. The lowest BCUT2D eigenvalue weighted by Crippen LogP contribution is -2.40. The lowest BCUT2D eigenvalue weighted by atomic mass is 10.1. The summed E-state index contributed by atoms with van der Waals surface area (Å²) in [6.45, 7) is 2.38. The second-order valence-electron chi connectivity index (χ2n) is 5.19. The number of ether oxygens (including phenoxy) is 1. The van der Waals surface area contributed by atoms with Crippen LogP contribution in [0.1, 0.15) is 44.9 Å². The summed E-state index contributed by atoms with van der Waals surface area (Å²) in [5.74, 6) is -0.624. The maximum Gasteiger partial charge on any atom is 0.305 e. The van der Waals surface area contributed by atoms with Crippen LogP contribution in [0.5, 0.6) is 0 Å². The van der Waals surface area contributed by atoms with Gasteiger partial charge in [0, 0.05) is 19.5 Å². The van der Waals surface area contributed by atoms with E-state index in [1.807, 2.05) is 4.90 Å². The van der Waals surface area contributed by atoms with E-state index in [9.17, 15) is 9.59 Å². The van der Waals surface area contributed by atoms with E-state index in [1.54, 1.807) is 0 Å². The van der Waals surface area contributed by atoms with Gasteiger partial charge >= 0.3 is 5.97 Å². The zero-order valence-corrected chi connectivity index (χ0v) is 12.1. The van der Waals surface area contributed by atoms with E-state index in [0.717, 1.165) is 32.1 Å². The summed E-state index contributed by atoms with van der Waals surface area (Å²) >= 11 is 0. The number of carbonyl (C=O) groups excluding carboxylic acids is 1. The van der Waals surface area contributed by atoms with Crippen molar-refractivity contribution in [1.29, 1.82) is 0 Å². The third-order valence-corrected chi connectivity index (χ3v) is 3.56. The number of hydrogen-bond donors (Lipinski definition) is 2. The molecule has 0 aliphatic carbocycles. The van der Waals surface area contributed by atoms with Crippen molar-refractivity contribution < 1.29 is 19.4 Å². The molecule has 1 fully saturated rings. The molecule has 0 aromatic heterocycles. The molecule has 0 bridgehead atoms. The van der Waals surface area contributed by atoms with Gasteiger partial charge in [-0.1, -0.05) is 6.42 Å². The van der Waals surface area contributed by atoms with Crippen LogP contribution < -0.4 is 5.73 Å². The van der Waals surface area contributed by atoms with E-state index in [-0.39, 0.29) is 25.0 Å². The predicted octanol–water partition coefficient (Wildman–Crippen LogP) is 0.988. The molecule has 0 atom stereocenters. The molecular formula is C14H26N2O4. The van der Waals surface area contributed by atoms with Crippen molar-refractivity contribution in [1.82, 2.24) is 4.90 Å². The Bertz CT molecular complexity index is 302. The average Bonchev–Trinajstić information content (AvgIpc) is 2.44. The van der Waals surface area contributed by atoms with Crippen LogP contribution >= 0.6 is 0 Å². The Morgan fingerprint density at radius 2 is 1.85 bits per heavy atom. The molecule has 6 nitrogen and oxygen atoms in total. The topological polar surface area (TPSA) is 92.9 Å². The molecule has 0 unspecified atom stereocenters. The summed E-state index contributed by atoms with van der Waals surface area (Å²) in [7, 11) is 0. The number of nitrogens with zero attached hydrogens (tertiary/aromatic N) is 1. The Morgan fingerprint density at radius 3 is 2.45 bits per heavy atom. The number of piperidine rings is 1. The molecule has 0 aromatic rings. The number of rotatable bonds is 9. The third kappa shape index (κ3) is 6.86. The molecule has 0 radical (unpaired) electrons. The number of likely N-dealkylation sites (tertiary alicyclic amines) is 1. The molecular weight excluding hydrogens is 260 g/mol. The van der Waals surface area contributed by atoms with Crippen LogP contribution in [0.3, 0.4) is 0 Å². The number of amides is 1. The second kappa shape index (κ2) is 9.72. The van der Waals surface area contributed by atoms with Crippen molar-refractivity contribution in [3.05, 3.63) is 0 Å². The summed E-state index contributed by atoms with van der Waals surface area (Å²) in [6.07, 6.45) is 5.23. The quantitative estimate of drug-likeness (QED) is 0.617. The highest BCUT2D eigenvalue weighted by atomic mass is 16.5. The summed E-state index contributed by atoms with van der Waals surface area (Å²) in [5, 5.41) is 8.54. The van der Waals surface area contributed by atoms with Gasteiger partial charge < -0.3 is 20.5 Å². The minimum atomic E-state index is -0.838. The largest absolute Gasteiger partial charge is 0.481 e. The van der Waals surface area contributed by atoms with Gasteiger partial charge in [-0.3, -0.25) is 9.59 Å². The zero-order valence-electron chi connectivity index (χ0n) is 12.1. The molecule has 1 heterocycles. The van der Waals surface area contributed by atoms with Crippen molar-refractivity contribution >= 4 is 11.9 Å². The van der Waals surface area contributed by atoms with Crippen LogP contribution in [0.15, 0.2) is 0 Å². The van der Waals surface area contributed by atoms with E-state index >= 15 is 0 Å². The lowest BCUT2D eigenvalue weighted by Gasteiger charge is -2.32. The van der Waals surface area contributed by atoms with Crippen molar-refractivity contribution in [3.8, 4) is 0 Å². The van der Waals surface area contributed by atoms with E-state index in [4.69, 9.17) is 15.6 Å². The number of nitrogens with two attached hydrogens (primary N) is 1. The normalized spacial score (nSPS) is 16.4. The van der Waals surface area contributed by atoms with Crippen LogP contribution in [0.2, 0.25) is 0 Å². The SMILES string of the molecule is NCCCCCC(=O)N1CCC(OCCC(=O)O)CC1. The van der Waals surface area contributed by atoms with Crippen molar-refractivity contribution in [3.63, 3.8) is 0 Å². The van der Waals surface area contributed by atoms with Crippen molar-refractivity contribution in [2.75, 3.05) is 26.2 Å². The number of carboxylic acid groups (broad SMARTS) is 1. The molecule has 1 aliphatic rings. The Hall–Kier alpha value is -1.14. The zero-order chi connectivity index (χ0) is 14.8. The van der Waals surface area contributed by atoms with Crippen LogP contribution in [-0.4, -0.2) is 54.2 Å². The van der Waals surface area contributed by atoms with Gasteiger partial charge in [0.15, 0.2) is 0 Å². The van der Waals surface area contributed by atoms with Gasteiger partial charge in [0.1, 0.15) is 0 Å². The van der Waals surface area contributed by atoms with Crippen LogP contribution in [0.4, 0.5) is 0 Å². The first-order chi connectivity index (χ1) is 9.63. The standard InChI is InChI=1S/C14H26N2O4/c15-8-3-1-2-4-13(17)16-9-5-12(6-10-16)20-11-7-14(18)19/h12H,1-11,15H2,(H,18,19). The molecule has 1 saturated heterocycles. The highest BCUT2D eigenvalue weighted by molar-refractivity contribution is 5.76. The van der Waals surface area contributed by atoms with Crippen LogP contribution in [0.25, 0.3) is 0 Å². The van der Waals surface area contributed by atoms with Gasteiger partial charge in [0.2, 0.25) is 5.91 Å². The lowest BCUT2D eigenvalue weighted by molar-refractivity contribution is -0.139. The first-order valence-corrected chi connectivity index (χ1v) is 7.44. The molecule has 6 heteroatoms. The van der Waals surface area contributed by atoms with Gasteiger partial charge in [-0.2, -0.15) is 0 Å². The fourth-order valence-electron chi connectivity index (χ4n) is 2.34. The first kappa shape index (κ1) is 16.9. The highest BCUT2D eigenvalue weighted by Gasteiger charge is 2.22. The summed E-state index contributed by atoms with van der Waals surface area (Å²) < 4.78 is 5.50. The smallest absolute Gasteiger partial charge is 0.305 e. The predicted molar refractivity (Wildman–Crippen MR) is 75.3 cm³/mol. The summed E-state index contributed by atoms with van der Waals surface area (Å²) in [6, 6.07) is 0. The molecule has 0 spiro atoms. The summed E-state index contributed by atoms with van der Waals surface area (Å²) in [5.41, 5.74) is 5.42. The molecule has 1 aliphatic heterocycles. The third-order valence-electron chi connectivity index (χ3n) is 3.56. The van der Waals surface area contributed by atoms with E-state index in [0.29, 0.717) is 26.1 Å².